The van der Waals surface area contributed by atoms with Crippen molar-refractivity contribution in [2.24, 2.45) is 0 Å². The maximum atomic E-state index is 14.9. The number of pyridine rings is 1. The summed E-state index contributed by atoms with van der Waals surface area (Å²) < 4.78 is 41.5. The van der Waals surface area contributed by atoms with Crippen LogP contribution in [0.2, 0.25) is 0 Å². The van der Waals surface area contributed by atoms with Gasteiger partial charge in [-0.15, -0.1) is 0 Å². The Morgan fingerprint density at radius 3 is 2.30 bits per heavy atom. The molecule has 1 aromatic carbocycles. The van der Waals surface area contributed by atoms with Crippen molar-refractivity contribution >= 4 is 34.2 Å². The lowest BCUT2D eigenvalue weighted by Crippen LogP contribution is -2.45. The van der Waals surface area contributed by atoms with Crippen LogP contribution in [0.4, 0.5) is 8.78 Å². The highest BCUT2D eigenvalue weighted by Gasteiger charge is 2.53. The molecular formula is C20H19B3F2N2O3. The highest BCUT2D eigenvalue weighted by Crippen LogP contribution is 2.37. The zero-order valence-electron chi connectivity index (χ0n) is 17.2. The number of amides is 1. The number of hydrogen-bond donors (Lipinski definition) is 0. The van der Waals surface area contributed by atoms with Gasteiger partial charge in [0.1, 0.15) is 0 Å². The predicted octanol–water partition coefficient (Wildman–Crippen LogP) is 1.76. The van der Waals surface area contributed by atoms with Crippen LogP contribution in [0.5, 0.6) is 0 Å². The van der Waals surface area contributed by atoms with Crippen LogP contribution in [0.3, 0.4) is 0 Å². The van der Waals surface area contributed by atoms with Crippen LogP contribution in [0.25, 0.3) is 0 Å². The lowest BCUT2D eigenvalue weighted by Gasteiger charge is -2.33. The van der Waals surface area contributed by atoms with Crippen molar-refractivity contribution in [3.8, 4) is 0 Å². The fraction of sp³-hybridized carbons (Fsp3) is 0.400. The number of carbonyl (C=O) groups is 1. The molecule has 3 heterocycles. The molecule has 0 atom stereocenters. The van der Waals surface area contributed by atoms with E-state index >= 15 is 0 Å². The van der Waals surface area contributed by atoms with Crippen LogP contribution < -0.4 is 5.46 Å². The molecule has 150 valence electrons. The fourth-order valence-electron chi connectivity index (χ4n) is 3.59. The van der Waals surface area contributed by atoms with E-state index < -0.39 is 41.2 Å². The van der Waals surface area contributed by atoms with E-state index in [4.69, 9.17) is 25.0 Å². The van der Waals surface area contributed by atoms with Gasteiger partial charge in [0.15, 0.2) is 11.6 Å². The summed E-state index contributed by atoms with van der Waals surface area (Å²) in [6, 6.07) is 5.88. The van der Waals surface area contributed by atoms with Gasteiger partial charge in [0, 0.05) is 29.1 Å². The molecule has 10 heteroatoms. The van der Waals surface area contributed by atoms with E-state index in [0.29, 0.717) is 0 Å². The first-order valence-electron chi connectivity index (χ1n) is 9.54. The summed E-state index contributed by atoms with van der Waals surface area (Å²) in [6.45, 7) is 6.96. The van der Waals surface area contributed by atoms with Gasteiger partial charge < -0.3 is 14.2 Å². The van der Waals surface area contributed by atoms with Crippen LogP contribution >= 0.6 is 0 Å². The first-order chi connectivity index (χ1) is 13.9. The second-order valence-electron chi connectivity index (χ2n) is 8.65. The summed E-state index contributed by atoms with van der Waals surface area (Å²) >= 11 is 0. The van der Waals surface area contributed by atoms with Gasteiger partial charge in [-0.25, -0.2) is 8.78 Å². The molecule has 1 fully saturated rings. The number of rotatable bonds is 3. The number of aromatic nitrogens is 1. The molecular weight excluding hydrogens is 387 g/mol. The van der Waals surface area contributed by atoms with Crippen molar-refractivity contribution in [2.45, 2.75) is 50.8 Å². The summed E-state index contributed by atoms with van der Waals surface area (Å²) in [7, 11) is 11.2. The van der Waals surface area contributed by atoms with Crippen LogP contribution in [-0.2, 0) is 21.2 Å². The molecule has 0 saturated carbocycles. The van der Waals surface area contributed by atoms with E-state index in [1.807, 2.05) is 27.7 Å². The molecule has 0 bridgehead atoms. The Bertz CT molecular complexity index is 1030. The third-order valence-corrected chi connectivity index (χ3v) is 6.14. The third kappa shape index (κ3) is 3.00. The highest BCUT2D eigenvalue weighted by atomic mass is 19.2. The standard InChI is InChI=1S/C20H19B3F2N2O3/c1-18(2)19(3,4)30-23(29-18)13-8-7-11(14(24)15(13)25)10-27-17(28)12-6-5-9-26-16(12)20(27,21)22/h5-9H,10H2,1-4H3. The minimum atomic E-state index is -1.74. The number of hydrogen-bond acceptors (Lipinski definition) is 4. The molecule has 0 unspecified atom stereocenters. The lowest BCUT2D eigenvalue weighted by molar-refractivity contribution is 0.00578. The van der Waals surface area contributed by atoms with Crippen molar-refractivity contribution in [1.29, 1.82) is 0 Å². The fourth-order valence-corrected chi connectivity index (χ4v) is 3.59. The molecule has 1 saturated heterocycles. The SMILES string of the molecule is [B]C1([B])c2ncccc2C(=O)N1Cc1ccc(B2OC(C)(C)C(C)(C)O2)c(F)c1F. The van der Waals surface area contributed by atoms with E-state index in [0.717, 1.165) is 4.90 Å². The largest absolute Gasteiger partial charge is 0.497 e. The van der Waals surface area contributed by atoms with Gasteiger partial charge >= 0.3 is 7.12 Å². The van der Waals surface area contributed by atoms with Crippen molar-refractivity contribution in [3.63, 3.8) is 0 Å². The number of fused-ring (bicyclic) bond motifs is 1. The van der Waals surface area contributed by atoms with Crippen molar-refractivity contribution < 1.29 is 22.9 Å². The van der Waals surface area contributed by atoms with Gasteiger partial charge in [0.05, 0.1) is 38.2 Å². The molecule has 0 N–H and O–H groups in total. The molecule has 2 aliphatic rings. The Kier molecular flexibility index (Phi) is 4.67. The van der Waals surface area contributed by atoms with Crippen molar-refractivity contribution in [2.75, 3.05) is 0 Å². The topological polar surface area (TPSA) is 51.7 Å². The van der Waals surface area contributed by atoms with E-state index in [-0.39, 0.29) is 28.8 Å². The molecule has 0 spiro atoms. The zero-order valence-corrected chi connectivity index (χ0v) is 17.2. The Morgan fingerprint density at radius 1 is 1.07 bits per heavy atom. The number of carbonyl (C=O) groups excluding carboxylic acids is 1. The average Bonchev–Trinajstić information content (AvgIpc) is 2.99. The molecule has 4 rings (SSSR count). The van der Waals surface area contributed by atoms with E-state index in [2.05, 4.69) is 4.98 Å². The van der Waals surface area contributed by atoms with E-state index in [9.17, 15) is 13.6 Å². The second kappa shape index (κ2) is 6.66. The quantitative estimate of drug-likeness (QED) is 0.730. The normalized spacial score (nSPS) is 21.2. The smallest absolute Gasteiger partial charge is 0.399 e. The number of benzene rings is 1. The lowest BCUT2D eigenvalue weighted by atomic mass is 9.59. The molecule has 1 aromatic heterocycles. The van der Waals surface area contributed by atoms with Gasteiger partial charge in [-0.05, 0) is 39.8 Å². The van der Waals surface area contributed by atoms with Gasteiger partial charge in [0.2, 0.25) is 0 Å². The third-order valence-electron chi connectivity index (χ3n) is 6.14. The van der Waals surface area contributed by atoms with Crippen LogP contribution in [0.15, 0.2) is 30.5 Å². The van der Waals surface area contributed by atoms with Crippen LogP contribution in [0, 0.1) is 11.6 Å². The van der Waals surface area contributed by atoms with Gasteiger partial charge in [-0.3, -0.25) is 9.78 Å². The summed E-state index contributed by atoms with van der Waals surface area (Å²) in [6.07, 6.45) is 1.46. The van der Waals surface area contributed by atoms with Crippen molar-refractivity contribution in [1.82, 2.24) is 9.88 Å². The highest BCUT2D eigenvalue weighted by molar-refractivity contribution is 6.62. The van der Waals surface area contributed by atoms with Gasteiger partial charge in [-0.1, -0.05) is 12.1 Å². The Hall–Kier alpha value is -2.19. The Morgan fingerprint density at radius 2 is 1.70 bits per heavy atom. The molecule has 5 nitrogen and oxygen atoms in total. The Labute approximate surface area is 177 Å². The minimum Gasteiger partial charge on any atom is -0.399 e. The molecule has 4 radical (unpaired) electrons. The number of nitrogens with zero attached hydrogens (tertiary/aromatic N) is 2. The molecule has 2 aromatic rings. The minimum absolute atomic E-state index is 0.0561. The Balaban J connectivity index is 1.64. The molecule has 0 aliphatic carbocycles. The molecule has 2 aliphatic heterocycles. The maximum Gasteiger partial charge on any atom is 0.497 e. The van der Waals surface area contributed by atoms with Gasteiger partial charge in [-0.2, -0.15) is 0 Å². The van der Waals surface area contributed by atoms with E-state index in [1.54, 1.807) is 6.07 Å². The summed E-state index contributed by atoms with van der Waals surface area (Å²) in [5, 5.41) is -1.74. The second-order valence-corrected chi connectivity index (χ2v) is 8.65. The summed E-state index contributed by atoms with van der Waals surface area (Å²) in [4.78, 5) is 17.8. The average molecular weight is 406 g/mol. The summed E-state index contributed by atoms with van der Waals surface area (Å²) in [5.41, 5.74) is -1.10. The maximum absolute atomic E-state index is 14.9. The van der Waals surface area contributed by atoms with Gasteiger partial charge in [0.25, 0.3) is 5.91 Å². The molecule has 1 amide bonds. The van der Waals surface area contributed by atoms with E-state index in [1.165, 1.54) is 24.4 Å². The van der Waals surface area contributed by atoms with Crippen LogP contribution in [-0.4, -0.2) is 49.8 Å². The van der Waals surface area contributed by atoms with Crippen LogP contribution in [0.1, 0.15) is 49.3 Å². The summed E-state index contributed by atoms with van der Waals surface area (Å²) in [5.74, 6) is -2.72. The predicted molar refractivity (Wildman–Crippen MR) is 109 cm³/mol. The number of halogens is 2. The van der Waals surface area contributed by atoms with Crippen molar-refractivity contribution in [3.05, 3.63) is 58.9 Å². The molecule has 30 heavy (non-hydrogen) atoms. The first kappa shape index (κ1) is 21.1. The monoisotopic (exact) mass is 406 g/mol. The zero-order chi connectivity index (χ0) is 22.1. The first-order valence-corrected chi connectivity index (χ1v) is 9.54.